The summed E-state index contributed by atoms with van der Waals surface area (Å²) < 4.78 is 15.6. The van der Waals surface area contributed by atoms with Crippen molar-refractivity contribution in [3.8, 4) is 0 Å². The zero-order valence-corrected chi connectivity index (χ0v) is 13.8. The minimum Gasteiger partial charge on any atom is -0.298 e. The third kappa shape index (κ3) is 3.88. The lowest BCUT2D eigenvalue weighted by atomic mass is 10.2. The number of benzene rings is 1. The Labute approximate surface area is 127 Å². The van der Waals surface area contributed by atoms with Crippen LogP contribution < -0.4 is 0 Å². The summed E-state index contributed by atoms with van der Waals surface area (Å²) in [4.78, 5) is 2.10. The van der Waals surface area contributed by atoms with Gasteiger partial charge in [-0.2, -0.15) is 0 Å². The molecule has 0 saturated heterocycles. The highest BCUT2D eigenvalue weighted by Crippen LogP contribution is 2.22. The van der Waals surface area contributed by atoms with Gasteiger partial charge in [-0.05, 0) is 52.1 Å². The van der Waals surface area contributed by atoms with Gasteiger partial charge < -0.3 is 0 Å². The van der Waals surface area contributed by atoms with E-state index in [2.05, 4.69) is 48.2 Å². The van der Waals surface area contributed by atoms with Crippen LogP contribution in [-0.2, 0) is 13.1 Å². The molecule has 0 aliphatic heterocycles. The summed E-state index contributed by atoms with van der Waals surface area (Å²) in [7, 11) is 1.99. The molecular formula is C13H12Br2FNS. The molecule has 2 rings (SSSR count). The average molecular weight is 393 g/mol. The number of hydrogen-bond acceptors (Lipinski definition) is 2. The highest BCUT2D eigenvalue weighted by atomic mass is 79.9. The molecule has 0 bridgehead atoms. The van der Waals surface area contributed by atoms with Crippen molar-refractivity contribution in [2.24, 2.45) is 0 Å². The Morgan fingerprint density at radius 3 is 2.61 bits per heavy atom. The first-order chi connectivity index (χ1) is 8.54. The van der Waals surface area contributed by atoms with E-state index in [1.165, 1.54) is 11.6 Å². The maximum atomic E-state index is 13.7. The molecule has 1 aromatic carbocycles. The molecule has 0 spiro atoms. The van der Waals surface area contributed by atoms with Gasteiger partial charge >= 0.3 is 0 Å². The highest BCUT2D eigenvalue weighted by Gasteiger charge is 2.07. The Morgan fingerprint density at radius 1 is 1.22 bits per heavy atom. The first-order valence-corrected chi connectivity index (χ1v) is 7.86. The molecule has 2 aromatic rings. The van der Waals surface area contributed by atoms with Crippen LogP contribution in [0.1, 0.15) is 11.1 Å². The third-order valence-electron chi connectivity index (χ3n) is 2.53. The van der Waals surface area contributed by atoms with Crippen molar-refractivity contribution in [3.63, 3.8) is 0 Å². The van der Waals surface area contributed by atoms with Crippen LogP contribution in [0, 0.1) is 5.82 Å². The van der Waals surface area contributed by atoms with Gasteiger partial charge in [-0.25, -0.2) is 4.39 Å². The van der Waals surface area contributed by atoms with Crippen molar-refractivity contribution < 1.29 is 4.39 Å². The van der Waals surface area contributed by atoms with Gasteiger partial charge in [-0.3, -0.25) is 4.90 Å². The molecule has 0 radical (unpaired) electrons. The molecule has 0 aliphatic carbocycles. The van der Waals surface area contributed by atoms with Gasteiger partial charge in [0.2, 0.25) is 0 Å². The first kappa shape index (κ1) is 14.2. The van der Waals surface area contributed by atoms with E-state index in [0.717, 1.165) is 20.4 Å². The molecule has 0 atom stereocenters. The summed E-state index contributed by atoms with van der Waals surface area (Å²) in [5, 5.41) is 2.11. The monoisotopic (exact) mass is 391 g/mol. The van der Waals surface area contributed by atoms with Crippen LogP contribution in [-0.4, -0.2) is 11.9 Å². The van der Waals surface area contributed by atoms with E-state index in [4.69, 9.17) is 0 Å². The van der Waals surface area contributed by atoms with Gasteiger partial charge in [0, 0.05) is 23.1 Å². The Hall–Kier alpha value is -0.230. The van der Waals surface area contributed by atoms with E-state index in [9.17, 15) is 4.39 Å². The van der Waals surface area contributed by atoms with Crippen molar-refractivity contribution >= 4 is 43.2 Å². The molecule has 0 saturated carbocycles. The van der Waals surface area contributed by atoms with Crippen LogP contribution in [0.3, 0.4) is 0 Å². The van der Waals surface area contributed by atoms with Crippen LogP contribution in [0.2, 0.25) is 0 Å². The largest absolute Gasteiger partial charge is 0.298 e. The molecule has 0 fully saturated rings. The fraction of sp³-hybridized carbons (Fsp3) is 0.231. The van der Waals surface area contributed by atoms with E-state index in [-0.39, 0.29) is 5.82 Å². The molecule has 18 heavy (non-hydrogen) atoms. The normalized spacial score (nSPS) is 11.2. The molecule has 1 aromatic heterocycles. The lowest BCUT2D eigenvalue weighted by Crippen LogP contribution is -2.17. The Morgan fingerprint density at radius 2 is 2.00 bits per heavy atom. The molecular weight excluding hydrogens is 381 g/mol. The van der Waals surface area contributed by atoms with Gasteiger partial charge in [0.25, 0.3) is 0 Å². The Bertz CT molecular complexity index is 542. The van der Waals surface area contributed by atoms with Gasteiger partial charge in [-0.15, -0.1) is 11.3 Å². The van der Waals surface area contributed by atoms with Gasteiger partial charge in [0.15, 0.2) is 0 Å². The number of thiophene rings is 1. The van der Waals surface area contributed by atoms with Crippen LogP contribution >= 0.6 is 43.2 Å². The smallest absolute Gasteiger partial charge is 0.128 e. The number of rotatable bonds is 4. The molecule has 1 nitrogen and oxygen atoms in total. The molecule has 0 aliphatic rings. The number of hydrogen-bond donors (Lipinski definition) is 0. The van der Waals surface area contributed by atoms with Crippen molar-refractivity contribution in [3.05, 3.63) is 54.8 Å². The molecule has 0 N–H and O–H groups in total. The van der Waals surface area contributed by atoms with E-state index in [1.54, 1.807) is 11.3 Å². The summed E-state index contributed by atoms with van der Waals surface area (Å²) in [5.74, 6) is -0.164. The lowest BCUT2D eigenvalue weighted by Gasteiger charge is -2.16. The van der Waals surface area contributed by atoms with Crippen LogP contribution in [0.5, 0.6) is 0 Å². The number of nitrogens with zero attached hydrogens (tertiary/aromatic N) is 1. The quantitative estimate of drug-likeness (QED) is 0.704. The predicted molar refractivity (Wildman–Crippen MR) is 81.3 cm³/mol. The second-order valence-electron chi connectivity index (χ2n) is 4.17. The molecule has 1 heterocycles. The highest BCUT2D eigenvalue weighted by molar-refractivity contribution is 9.11. The van der Waals surface area contributed by atoms with E-state index >= 15 is 0 Å². The molecule has 0 amide bonds. The second-order valence-corrected chi connectivity index (χ2v) is 7.37. The van der Waals surface area contributed by atoms with Crippen molar-refractivity contribution in [2.75, 3.05) is 7.05 Å². The van der Waals surface area contributed by atoms with E-state index < -0.39 is 0 Å². The molecule has 5 heteroatoms. The van der Waals surface area contributed by atoms with Gasteiger partial charge in [-0.1, -0.05) is 22.0 Å². The van der Waals surface area contributed by atoms with Crippen molar-refractivity contribution in [2.45, 2.75) is 13.1 Å². The second kappa shape index (κ2) is 6.28. The van der Waals surface area contributed by atoms with Crippen molar-refractivity contribution in [1.29, 1.82) is 0 Å². The summed E-state index contributed by atoms with van der Waals surface area (Å²) >= 11 is 8.37. The first-order valence-electron chi connectivity index (χ1n) is 5.40. The van der Waals surface area contributed by atoms with E-state index in [0.29, 0.717) is 6.54 Å². The third-order valence-corrected chi connectivity index (χ3v) is 4.58. The maximum Gasteiger partial charge on any atom is 0.128 e. The summed E-state index contributed by atoms with van der Waals surface area (Å²) in [6, 6.07) is 7.29. The van der Waals surface area contributed by atoms with Crippen molar-refractivity contribution in [1.82, 2.24) is 4.90 Å². The Kier molecular flexibility index (Phi) is 4.95. The van der Waals surface area contributed by atoms with Crippen LogP contribution in [0.4, 0.5) is 4.39 Å². The minimum atomic E-state index is -0.164. The zero-order valence-electron chi connectivity index (χ0n) is 9.79. The molecule has 0 unspecified atom stereocenters. The summed E-state index contributed by atoms with van der Waals surface area (Å²) in [6.07, 6.45) is 0. The van der Waals surface area contributed by atoms with E-state index in [1.807, 2.05) is 19.2 Å². The average Bonchev–Trinajstić information content (AvgIpc) is 2.68. The Balaban J connectivity index is 2.00. The standard InChI is InChI=1S/C13H12Br2FNS/c1-17(6-9-4-13(15)18-8-9)7-10-2-3-11(14)5-12(10)16/h2-5,8H,6-7H2,1H3. The molecule has 96 valence electrons. The lowest BCUT2D eigenvalue weighted by molar-refractivity contribution is 0.314. The summed E-state index contributed by atoms with van der Waals surface area (Å²) in [6.45, 7) is 1.42. The topological polar surface area (TPSA) is 3.24 Å². The maximum absolute atomic E-state index is 13.7. The van der Waals surface area contributed by atoms with Gasteiger partial charge in [0.05, 0.1) is 3.79 Å². The van der Waals surface area contributed by atoms with Crippen LogP contribution in [0.15, 0.2) is 37.9 Å². The fourth-order valence-electron chi connectivity index (χ4n) is 1.74. The SMILES string of the molecule is CN(Cc1csc(Br)c1)Cc1ccc(Br)cc1F. The minimum absolute atomic E-state index is 0.164. The fourth-order valence-corrected chi connectivity index (χ4v) is 3.27. The predicted octanol–water partition coefficient (Wildman–Crippen LogP) is 5.04. The van der Waals surface area contributed by atoms with Gasteiger partial charge in [0.1, 0.15) is 5.82 Å². The summed E-state index contributed by atoms with van der Waals surface area (Å²) in [5.41, 5.74) is 1.96. The number of halogens is 3. The zero-order chi connectivity index (χ0) is 13.1. The van der Waals surface area contributed by atoms with Crippen LogP contribution in [0.25, 0.3) is 0 Å².